The molecular weight excluding hydrogens is 459 g/mol. The molecule has 1 aliphatic heterocycles. The van der Waals surface area contributed by atoms with Gasteiger partial charge in [0.05, 0.1) is 23.8 Å². The van der Waals surface area contributed by atoms with Gasteiger partial charge in [0.25, 0.3) is 5.91 Å². The van der Waals surface area contributed by atoms with Crippen LogP contribution in [0, 0.1) is 5.82 Å². The molecule has 3 heterocycles. The van der Waals surface area contributed by atoms with Crippen LogP contribution in [0.25, 0.3) is 16.4 Å². The normalized spacial score (nSPS) is 13.9. The molecule has 0 bridgehead atoms. The Bertz CT molecular complexity index is 1240. The Kier molecular flexibility index (Phi) is 6.52. The summed E-state index contributed by atoms with van der Waals surface area (Å²) in [5, 5.41) is 11.3. The molecule has 4 aromatic rings. The van der Waals surface area contributed by atoms with E-state index in [0.29, 0.717) is 54.3 Å². The molecule has 9 heteroatoms. The average molecular weight is 481 g/mol. The number of para-hydroxylation sites is 1. The van der Waals surface area contributed by atoms with Crippen LogP contribution in [0.15, 0.2) is 71.2 Å². The number of hydrogen-bond acceptors (Lipinski definition) is 6. The lowest BCUT2D eigenvalue weighted by atomic mass is 10.1. The van der Waals surface area contributed by atoms with Gasteiger partial charge in [-0.05, 0) is 41.3 Å². The van der Waals surface area contributed by atoms with E-state index in [2.05, 4.69) is 10.2 Å². The van der Waals surface area contributed by atoms with E-state index >= 15 is 0 Å². The molecule has 33 heavy (non-hydrogen) atoms. The third kappa shape index (κ3) is 4.71. The molecule has 0 radical (unpaired) electrons. The van der Waals surface area contributed by atoms with Crippen molar-refractivity contribution >= 4 is 29.0 Å². The molecule has 2 aromatic carbocycles. The van der Waals surface area contributed by atoms with Crippen molar-refractivity contribution in [2.24, 2.45) is 0 Å². The van der Waals surface area contributed by atoms with Gasteiger partial charge in [0, 0.05) is 24.4 Å². The second kappa shape index (κ2) is 9.86. The second-order valence-corrected chi connectivity index (χ2v) is 9.35. The van der Waals surface area contributed by atoms with Gasteiger partial charge in [0.2, 0.25) is 0 Å². The van der Waals surface area contributed by atoms with Crippen LogP contribution in [0.5, 0.6) is 0 Å². The number of carbonyl (C=O) groups is 1. The molecule has 1 amide bonds. The summed E-state index contributed by atoms with van der Waals surface area (Å²) in [7, 11) is 0. The monoisotopic (exact) mass is 480 g/mol. The Morgan fingerprint density at radius 3 is 2.55 bits per heavy atom. The lowest BCUT2D eigenvalue weighted by Crippen LogP contribution is -2.40. The highest BCUT2D eigenvalue weighted by Gasteiger charge is 2.20. The van der Waals surface area contributed by atoms with Crippen LogP contribution in [0.2, 0.25) is 0 Å². The number of aromatic nitrogens is 3. The zero-order valence-electron chi connectivity index (χ0n) is 17.7. The number of nitrogens with zero attached hydrogens (tertiary/aromatic N) is 4. The highest BCUT2D eigenvalue weighted by atomic mass is 32.2. The summed E-state index contributed by atoms with van der Waals surface area (Å²) in [5.41, 5.74) is 2.12. The molecule has 1 saturated heterocycles. The van der Waals surface area contributed by atoms with E-state index < -0.39 is 0 Å². The fraction of sp³-hybridized carbons (Fsp3) is 0.208. The first-order chi connectivity index (χ1) is 16.2. The first-order valence-electron chi connectivity index (χ1n) is 10.5. The Morgan fingerprint density at radius 2 is 1.82 bits per heavy atom. The quantitative estimate of drug-likeness (QED) is 0.368. The summed E-state index contributed by atoms with van der Waals surface area (Å²) in [6.45, 7) is 2.40. The van der Waals surface area contributed by atoms with E-state index in [1.807, 2.05) is 46.7 Å². The summed E-state index contributed by atoms with van der Waals surface area (Å²) >= 11 is 3.02. The molecule has 0 atom stereocenters. The van der Waals surface area contributed by atoms with Crippen molar-refractivity contribution in [2.75, 3.05) is 26.3 Å². The van der Waals surface area contributed by atoms with Crippen LogP contribution in [-0.4, -0.2) is 51.9 Å². The highest BCUT2D eigenvalue weighted by Crippen LogP contribution is 2.32. The lowest BCUT2D eigenvalue weighted by molar-refractivity contribution is 0.0303. The van der Waals surface area contributed by atoms with Crippen LogP contribution in [0.3, 0.4) is 0 Å². The molecule has 1 fully saturated rings. The Hall–Kier alpha value is -3.01. The lowest BCUT2D eigenvalue weighted by Gasteiger charge is -2.26. The molecule has 168 valence electrons. The number of thiophene rings is 1. The van der Waals surface area contributed by atoms with E-state index in [1.54, 1.807) is 22.8 Å². The van der Waals surface area contributed by atoms with E-state index in [4.69, 9.17) is 4.74 Å². The molecule has 0 N–H and O–H groups in total. The summed E-state index contributed by atoms with van der Waals surface area (Å²) in [6.07, 6.45) is 0. The number of benzene rings is 2. The van der Waals surface area contributed by atoms with Crippen molar-refractivity contribution in [1.29, 1.82) is 0 Å². The van der Waals surface area contributed by atoms with Gasteiger partial charge in [-0.1, -0.05) is 42.1 Å². The minimum Gasteiger partial charge on any atom is -0.378 e. The molecule has 0 unspecified atom stereocenters. The summed E-state index contributed by atoms with van der Waals surface area (Å²) < 4.78 is 21.8. The van der Waals surface area contributed by atoms with Crippen LogP contribution in [0.4, 0.5) is 4.39 Å². The smallest absolute Gasteiger partial charge is 0.254 e. The fourth-order valence-electron chi connectivity index (χ4n) is 3.62. The summed E-state index contributed by atoms with van der Waals surface area (Å²) in [4.78, 5) is 15.4. The Morgan fingerprint density at radius 1 is 1.03 bits per heavy atom. The Labute approximate surface area is 199 Å². The number of ether oxygens (including phenoxy) is 1. The van der Waals surface area contributed by atoms with Crippen LogP contribution < -0.4 is 0 Å². The van der Waals surface area contributed by atoms with Crippen molar-refractivity contribution in [3.8, 4) is 16.4 Å². The largest absolute Gasteiger partial charge is 0.378 e. The minimum absolute atomic E-state index is 0.0254. The highest BCUT2D eigenvalue weighted by molar-refractivity contribution is 7.98. The predicted molar refractivity (Wildman–Crippen MR) is 127 cm³/mol. The third-order valence-electron chi connectivity index (χ3n) is 5.34. The Balaban J connectivity index is 1.36. The van der Waals surface area contributed by atoms with E-state index in [9.17, 15) is 9.18 Å². The molecule has 1 aliphatic rings. The van der Waals surface area contributed by atoms with E-state index in [-0.39, 0.29) is 11.7 Å². The second-order valence-electron chi connectivity index (χ2n) is 7.46. The number of halogens is 1. The molecular formula is C24H21FN4O2S2. The molecule has 6 nitrogen and oxygen atoms in total. The van der Waals surface area contributed by atoms with Gasteiger partial charge in [-0.2, -0.15) is 0 Å². The van der Waals surface area contributed by atoms with Crippen molar-refractivity contribution in [3.63, 3.8) is 0 Å². The number of amides is 1. The molecule has 2 aromatic heterocycles. The summed E-state index contributed by atoms with van der Waals surface area (Å²) in [5.74, 6) is 0.924. The molecule has 0 saturated carbocycles. The van der Waals surface area contributed by atoms with Crippen LogP contribution >= 0.6 is 23.1 Å². The fourth-order valence-corrected chi connectivity index (χ4v) is 5.22. The van der Waals surface area contributed by atoms with Crippen LogP contribution in [-0.2, 0) is 10.5 Å². The SMILES string of the molecule is O=C(c1ccc(CSc2nnc(-c3cccs3)n2-c2ccccc2F)cc1)N1CCOCC1. The standard InChI is InChI=1S/C24H21FN4O2S2/c25-19-4-1-2-5-20(19)29-22(21-6-3-15-32-21)26-27-24(29)33-16-17-7-9-18(10-8-17)23(30)28-11-13-31-14-12-28/h1-10,15H,11-14,16H2. The van der Waals surface area contributed by atoms with Crippen molar-refractivity contribution in [3.05, 3.63) is 83.0 Å². The summed E-state index contributed by atoms with van der Waals surface area (Å²) in [6, 6.07) is 18.1. The van der Waals surface area contributed by atoms with Gasteiger partial charge in [-0.25, -0.2) is 4.39 Å². The number of morpholine rings is 1. The first kappa shape index (κ1) is 21.8. The topological polar surface area (TPSA) is 60.2 Å². The van der Waals surface area contributed by atoms with Gasteiger partial charge in [-0.15, -0.1) is 21.5 Å². The maximum Gasteiger partial charge on any atom is 0.254 e. The van der Waals surface area contributed by atoms with Crippen molar-refractivity contribution < 1.29 is 13.9 Å². The van der Waals surface area contributed by atoms with E-state index in [0.717, 1.165) is 10.4 Å². The van der Waals surface area contributed by atoms with Gasteiger partial charge in [0.1, 0.15) is 5.82 Å². The maximum absolute atomic E-state index is 14.7. The maximum atomic E-state index is 14.7. The average Bonchev–Trinajstić information content (AvgIpc) is 3.54. The third-order valence-corrected chi connectivity index (χ3v) is 7.20. The van der Waals surface area contributed by atoms with Gasteiger partial charge >= 0.3 is 0 Å². The number of hydrogen-bond donors (Lipinski definition) is 0. The number of thioether (sulfide) groups is 1. The first-order valence-corrected chi connectivity index (χ1v) is 12.4. The van der Waals surface area contributed by atoms with Gasteiger partial charge in [0.15, 0.2) is 11.0 Å². The predicted octanol–water partition coefficient (Wildman–Crippen LogP) is 4.90. The number of rotatable bonds is 6. The minimum atomic E-state index is -0.331. The van der Waals surface area contributed by atoms with Crippen molar-refractivity contribution in [1.82, 2.24) is 19.7 Å². The van der Waals surface area contributed by atoms with E-state index in [1.165, 1.54) is 29.2 Å². The van der Waals surface area contributed by atoms with Gasteiger partial charge < -0.3 is 9.64 Å². The molecule has 5 rings (SSSR count). The number of carbonyl (C=O) groups excluding carboxylic acids is 1. The zero-order valence-corrected chi connectivity index (χ0v) is 19.3. The van der Waals surface area contributed by atoms with Crippen molar-refractivity contribution in [2.45, 2.75) is 10.9 Å². The van der Waals surface area contributed by atoms with Gasteiger partial charge in [-0.3, -0.25) is 9.36 Å². The molecule has 0 aliphatic carbocycles. The zero-order chi connectivity index (χ0) is 22.6. The molecule has 0 spiro atoms. The van der Waals surface area contributed by atoms with Crippen LogP contribution in [0.1, 0.15) is 15.9 Å².